The summed E-state index contributed by atoms with van der Waals surface area (Å²) in [6.07, 6.45) is 3.45. The van der Waals surface area contributed by atoms with Crippen molar-refractivity contribution in [2.45, 2.75) is 51.1 Å². The Morgan fingerprint density at radius 1 is 0.844 bits per heavy atom. The van der Waals surface area contributed by atoms with Gasteiger partial charge in [-0.25, -0.2) is 9.59 Å². The zero-order valence-electron chi connectivity index (χ0n) is 19.5. The summed E-state index contributed by atoms with van der Waals surface area (Å²) in [6, 6.07) is 10.3. The number of hydrogen-bond acceptors (Lipinski definition) is 7. The van der Waals surface area contributed by atoms with Crippen LogP contribution in [0.1, 0.15) is 12.8 Å². The van der Waals surface area contributed by atoms with Gasteiger partial charge >= 0.3 is 19.5 Å². The number of carbonyl (C=O) groups is 2. The predicted molar refractivity (Wildman–Crippen MR) is 132 cm³/mol. The van der Waals surface area contributed by atoms with Gasteiger partial charge in [-0.05, 0) is 63.3 Å². The SMILES string of the molecule is C=CC(=O)OCCC[Si](C)(C)OP(=O)(O[Si](C)(C)CCCOC(=O)C=C)c1ccccc1. The summed E-state index contributed by atoms with van der Waals surface area (Å²) in [4.78, 5) is 22.4. The Kier molecular flexibility index (Phi) is 11.5. The molecule has 0 N–H and O–H groups in total. The number of rotatable bonds is 15. The summed E-state index contributed by atoms with van der Waals surface area (Å²) in [6.45, 7) is 15.2. The Balaban J connectivity index is 2.87. The molecule has 10 heteroatoms. The Morgan fingerprint density at radius 3 is 1.62 bits per heavy atom. The molecule has 0 radical (unpaired) electrons. The van der Waals surface area contributed by atoms with Gasteiger partial charge in [0.1, 0.15) is 0 Å². The lowest BCUT2D eigenvalue weighted by atomic mass is 10.4. The third kappa shape index (κ3) is 10.7. The number of benzene rings is 1. The van der Waals surface area contributed by atoms with E-state index in [-0.39, 0.29) is 13.2 Å². The lowest BCUT2D eigenvalue weighted by Crippen LogP contribution is -2.37. The fourth-order valence-electron chi connectivity index (χ4n) is 2.94. The van der Waals surface area contributed by atoms with E-state index in [9.17, 15) is 14.2 Å². The van der Waals surface area contributed by atoms with Crippen molar-refractivity contribution in [2.75, 3.05) is 13.2 Å². The molecule has 0 aliphatic heterocycles. The second-order valence-electron chi connectivity index (χ2n) is 8.49. The van der Waals surface area contributed by atoms with Crippen molar-refractivity contribution in [1.82, 2.24) is 0 Å². The summed E-state index contributed by atoms with van der Waals surface area (Å²) in [7, 11) is -8.44. The summed E-state index contributed by atoms with van der Waals surface area (Å²) >= 11 is 0. The first-order chi connectivity index (χ1) is 14.9. The minimum Gasteiger partial charge on any atom is -0.463 e. The Labute approximate surface area is 193 Å². The molecule has 1 aromatic rings. The lowest BCUT2D eigenvalue weighted by Gasteiger charge is -2.34. The largest absolute Gasteiger partial charge is 0.463 e. The molecule has 0 aliphatic carbocycles. The fraction of sp³-hybridized carbons (Fsp3) is 0.455. The van der Waals surface area contributed by atoms with E-state index in [1.54, 1.807) is 24.3 Å². The molecule has 0 atom stereocenters. The Hall–Kier alpha value is -1.78. The molecule has 1 aromatic carbocycles. The van der Waals surface area contributed by atoms with Crippen molar-refractivity contribution in [3.05, 3.63) is 55.6 Å². The third-order valence-corrected chi connectivity index (χ3v) is 14.4. The zero-order valence-corrected chi connectivity index (χ0v) is 22.4. The normalized spacial score (nSPS) is 12.1. The van der Waals surface area contributed by atoms with Crippen molar-refractivity contribution >= 4 is 41.5 Å². The number of ether oxygens (including phenoxy) is 2. The Bertz CT molecular complexity index is 779. The maximum absolute atomic E-state index is 14.0. The minimum atomic E-state index is -3.59. The van der Waals surface area contributed by atoms with Gasteiger partial charge in [0, 0.05) is 12.2 Å². The van der Waals surface area contributed by atoms with Crippen molar-refractivity contribution < 1.29 is 32.1 Å². The third-order valence-electron chi connectivity index (χ3n) is 4.48. The quantitative estimate of drug-likeness (QED) is 0.108. The minimum absolute atomic E-state index is 0.255. The molecule has 0 spiro atoms. The number of hydrogen-bond donors (Lipinski definition) is 0. The van der Waals surface area contributed by atoms with Gasteiger partial charge < -0.3 is 17.9 Å². The highest BCUT2D eigenvalue weighted by molar-refractivity contribution is 7.65. The average molecular weight is 499 g/mol. The molecule has 0 fully saturated rings. The summed E-state index contributed by atoms with van der Waals surface area (Å²) < 4.78 is 36.7. The van der Waals surface area contributed by atoms with E-state index in [0.717, 1.165) is 12.2 Å². The summed E-state index contributed by atoms with van der Waals surface area (Å²) in [5.41, 5.74) is 0. The number of carbonyl (C=O) groups excluding carboxylic acids is 2. The van der Waals surface area contributed by atoms with Crippen LogP contribution in [0.2, 0.25) is 38.3 Å². The van der Waals surface area contributed by atoms with E-state index in [4.69, 9.17) is 17.9 Å². The molecule has 0 saturated carbocycles. The first kappa shape index (κ1) is 28.3. The molecule has 0 bridgehead atoms. The van der Waals surface area contributed by atoms with Crippen LogP contribution in [0, 0.1) is 0 Å². The molecule has 7 nitrogen and oxygen atoms in total. The van der Waals surface area contributed by atoms with Crippen LogP contribution >= 0.6 is 7.60 Å². The maximum atomic E-state index is 14.0. The molecule has 0 aromatic heterocycles. The van der Waals surface area contributed by atoms with E-state index in [0.29, 0.717) is 30.2 Å². The first-order valence-corrected chi connectivity index (χ1v) is 18.4. The molecule has 178 valence electrons. The predicted octanol–water partition coefficient (Wildman–Crippen LogP) is 5.19. The van der Waals surface area contributed by atoms with Crippen LogP contribution in [0.3, 0.4) is 0 Å². The molecule has 0 unspecified atom stereocenters. The van der Waals surface area contributed by atoms with Gasteiger partial charge in [0.2, 0.25) is 0 Å². The highest BCUT2D eigenvalue weighted by Gasteiger charge is 2.41. The lowest BCUT2D eigenvalue weighted by molar-refractivity contribution is -0.138. The van der Waals surface area contributed by atoms with E-state index in [1.807, 2.05) is 32.3 Å². The van der Waals surface area contributed by atoms with Gasteiger partial charge in [0.05, 0.1) is 18.5 Å². The monoisotopic (exact) mass is 498 g/mol. The summed E-state index contributed by atoms with van der Waals surface area (Å²) in [5.74, 6) is -0.926. The molecule has 0 aliphatic rings. The molecule has 0 heterocycles. The second-order valence-corrected chi connectivity index (χ2v) is 19.5. The molecule has 32 heavy (non-hydrogen) atoms. The van der Waals surface area contributed by atoms with Crippen molar-refractivity contribution in [2.24, 2.45) is 0 Å². The van der Waals surface area contributed by atoms with Crippen LogP contribution in [-0.2, 0) is 32.1 Å². The van der Waals surface area contributed by atoms with E-state index in [1.165, 1.54) is 0 Å². The Morgan fingerprint density at radius 2 is 1.25 bits per heavy atom. The van der Waals surface area contributed by atoms with Crippen molar-refractivity contribution in [3.63, 3.8) is 0 Å². The van der Waals surface area contributed by atoms with Gasteiger partial charge in [-0.3, -0.25) is 4.57 Å². The number of esters is 2. The standard InChI is InChI=1S/C22H35O7PSi2/c1-7-21(23)26-16-12-18-31(3,4)28-30(25,20-14-10-9-11-15-20)29-32(5,6)19-13-17-27-22(24)8-2/h7-11,14-15H,1-2,12-13,16-19H2,3-6H3. The molecule has 0 amide bonds. The van der Waals surface area contributed by atoms with E-state index >= 15 is 0 Å². The van der Waals surface area contributed by atoms with Gasteiger partial charge in [-0.15, -0.1) is 0 Å². The topological polar surface area (TPSA) is 88.1 Å². The highest BCUT2D eigenvalue weighted by atomic mass is 31.2. The van der Waals surface area contributed by atoms with Crippen molar-refractivity contribution in [1.29, 1.82) is 0 Å². The van der Waals surface area contributed by atoms with Crippen molar-refractivity contribution in [3.8, 4) is 0 Å². The molecule has 1 rings (SSSR count). The van der Waals surface area contributed by atoms with Crippen LogP contribution in [0.4, 0.5) is 0 Å². The second kappa shape index (κ2) is 13.1. The van der Waals surface area contributed by atoms with Crippen LogP contribution in [0.5, 0.6) is 0 Å². The maximum Gasteiger partial charge on any atom is 0.342 e. The van der Waals surface area contributed by atoms with Gasteiger partial charge in [0.25, 0.3) is 0 Å². The zero-order chi connectivity index (χ0) is 24.3. The van der Waals surface area contributed by atoms with Gasteiger partial charge in [0.15, 0.2) is 16.6 Å². The van der Waals surface area contributed by atoms with E-state index in [2.05, 4.69) is 13.2 Å². The first-order valence-electron chi connectivity index (χ1n) is 10.6. The molecular formula is C22H35O7PSi2. The van der Waals surface area contributed by atoms with Crippen LogP contribution in [-0.4, -0.2) is 41.8 Å². The fourth-order valence-corrected chi connectivity index (χ4v) is 12.7. The smallest absolute Gasteiger partial charge is 0.342 e. The molecule has 0 saturated heterocycles. The van der Waals surface area contributed by atoms with Gasteiger partial charge in [-0.2, -0.15) is 0 Å². The highest BCUT2D eigenvalue weighted by Crippen LogP contribution is 2.53. The molecular weight excluding hydrogens is 463 g/mol. The summed E-state index contributed by atoms with van der Waals surface area (Å²) in [5, 5.41) is 0.525. The van der Waals surface area contributed by atoms with E-state index < -0.39 is 36.2 Å². The average Bonchev–Trinajstić information content (AvgIpc) is 2.73. The van der Waals surface area contributed by atoms with Gasteiger partial charge in [-0.1, -0.05) is 31.4 Å². The van der Waals surface area contributed by atoms with Crippen LogP contribution in [0.15, 0.2) is 55.6 Å². The van der Waals surface area contributed by atoms with Crippen LogP contribution < -0.4 is 5.30 Å². The van der Waals surface area contributed by atoms with Crippen LogP contribution in [0.25, 0.3) is 0 Å².